The summed E-state index contributed by atoms with van der Waals surface area (Å²) in [4.78, 5) is 7.40. The summed E-state index contributed by atoms with van der Waals surface area (Å²) in [5.41, 5.74) is 9.86. The molecule has 4 heteroatoms. The zero-order chi connectivity index (χ0) is 12.4. The fraction of sp³-hybridized carbons (Fsp3) is 0.308. The number of nitrogens with zero attached hydrogens (tertiary/aromatic N) is 1. The summed E-state index contributed by atoms with van der Waals surface area (Å²) >= 11 is 0. The topological polar surface area (TPSA) is 63.9 Å². The van der Waals surface area contributed by atoms with Gasteiger partial charge in [0.25, 0.3) is 0 Å². The van der Waals surface area contributed by atoms with Gasteiger partial charge in [-0.2, -0.15) is 0 Å². The first-order valence-corrected chi connectivity index (χ1v) is 5.55. The van der Waals surface area contributed by atoms with Crippen molar-refractivity contribution in [2.75, 3.05) is 7.11 Å². The van der Waals surface area contributed by atoms with Crippen LogP contribution in [0.2, 0.25) is 0 Å². The van der Waals surface area contributed by atoms with E-state index in [9.17, 15) is 0 Å². The Labute approximate surface area is 101 Å². The van der Waals surface area contributed by atoms with Crippen LogP contribution in [0.5, 0.6) is 5.75 Å². The minimum absolute atomic E-state index is 0.425. The van der Waals surface area contributed by atoms with Gasteiger partial charge in [0.15, 0.2) is 0 Å². The van der Waals surface area contributed by atoms with Crippen LogP contribution in [0.15, 0.2) is 18.3 Å². The number of ether oxygens (including phenoxy) is 1. The summed E-state index contributed by atoms with van der Waals surface area (Å²) in [6.07, 6.45) is 1.81. The zero-order valence-corrected chi connectivity index (χ0v) is 10.4. The van der Waals surface area contributed by atoms with Gasteiger partial charge in [-0.1, -0.05) is 0 Å². The van der Waals surface area contributed by atoms with Gasteiger partial charge in [-0.05, 0) is 37.1 Å². The summed E-state index contributed by atoms with van der Waals surface area (Å²) in [5.74, 6) is 1.73. The van der Waals surface area contributed by atoms with Crippen LogP contribution in [0.4, 0.5) is 0 Å². The molecule has 2 rings (SSSR count). The van der Waals surface area contributed by atoms with Crippen molar-refractivity contribution in [3.63, 3.8) is 0 Å². The molecule has 0 saturated carbocycles. The standard InChI is InChI=1S/C13H17N3O/c1-8-4-10(5-9(2)13(8)17-3)11-7-15-12(6-14)16-11/h4-5,7H,6,14H2,1-3H3,(H,15,16). The molecule has 0 aliphatic heterocycles. The van der Waals surface area contributed by atoms with Crippen molar-refractivity contribution in [1.29, 1.82) is 0 Å². The molecule has 0 amide bonds. The second-order valence-electron chi connectivity index (χ2n) is 4.09. The van der Waals surface area contributed by atoms with Crippen molar-refractivity contribution in [2.24, 2.45) is 5.73 Å². The third kappa shape index (κ3) is 2.17. The molecule has 17 heavy (non-hydrogen) atoms. The first kappa shape index (κ1) is 11.7. The van der Waals surface area contributed by atoms with E-state index in [2.05, 4.69) is 22.1 Å². The highest BCUT2D eigenvalue weighted by molar-refractivity contribution is 5.63. The molecule has 0 bridgehead atoms. The number of aryl methyl sites for hydroxylation is 2. The van der Waals surface area contributed by atoms with Gasteiger partial charge in [-0.3, -0.25) is 0 Å². The van der Waals surface area contributed by atoms with Crippen molar-refractivity contribution in [3.05, 3.63) is 35.3 Å². The molecule has 0 fully saturated rings. The average molecular weight is 231 g/mol. The number of nitrogens with one attached hydrogen (secondary N) is 1. The first-order chi connectivity index (χ1) is 8.15. The maximum absolute atomic E-state index is 5.53. The van der Waals surface area contributed by atoms with Crippen molar-refractivity contribution in [2.45, 2.75) is 20.4 Å². The van der Waals surface area contributed by atoms with Gasteiger partial charge < -0.3 is 15.5 Å². The van der Waals surface area contributed by atoms with Gasteiger partial charge in [0.05, 0.1) is 25.5 Å². The summed E-state index contributed by atoms with van der Waals surface area (Å²) in [6.45, 7) is 4.50. The van der Waals surface area contributed by atoms with Crippen molar-refractivity contribution in [3.8, 4) is 17.0 Å². The van der Waals surface area contributed by atoms with E-state index in [-0.39, 0.29) is 0 Å². The second kappa shape index (κ2) is 4.59. The molecule has 0 aliphatic carbocycles. The molecule has 0 radical (unpaired) electrons. The van der Waals surface area contributed by atoms with E-state index < -0.39 is 0 Å². The molecule has 0 unspecified atom stereocenters. The molecule has 2 aromatic rings. The van der Waals surface area contributed by atoms with Crippen LogP contribution < -0.4 is 10.5 Å². The number of rotatable bonds is 3. The van der Waals surface area contributed by atoms with Crippen LogP contribution in [0.25, 0.3) is 11.3 Å². The normalized spacial score (nSPS) is 10.6. The minimum atomic E-state index is 0.425. The molecular weight excluding hydrogens is 214 g/mol. The van der Waals surface area contributed by atoms with Crippen LogP contribution in [0, 0.1) is 13.8 Å². The lowest BCUT2D eigenvalue weighted by Gasteiger charge is -2.10. The van der Waals surface area contributed by atoms with Crippen molar-refractivity contribution < 1.29 is 4.74 Å². The summed E-state index contributed by atoms with van der Waals surface area (Å²) < 4.78 is 5.35. The summed E-state index contributed by atoms with van der Waals surface area (Å²) in [5, 5.41) is 0. The van der Waals surface area contributed by atoms with Crippen molar-refractivity contribution in [1.82, 2.24) is 9.97 Å². The summed E-state index contributed by atoms with van der Waals surface area (Å²) in [7, 11) is 1.69. The molecule has 0 spiro atoms. The van der Waals surface area contributed by atoms with Gasteiger partial charge in [-0.15, -0.1) is 0 Å². The molecule has 90 valence electrons. The fourth-order valence-electron chi connectivity index (χ4n) is 2.04. The third-order valence-corrected chi connectivity index (χ3v) is 2.80. The lowest BCUT2D eigenvalue weighted by atomic mass is 10.0. The Balaban J connectivity index is 2.46. The highest BCUT2D eigenvalue weighted by atomic mass is 16.5. The number of hydrogen-bond acceptors (Lipinski definition) is 3. The van der Waals surface area contributed by atoms with Crippen LogP contribution >= 0.6 is 0 Å². The Kier molecular flexibility index (Phi) is 3.15. The van der Waals surface area contributed by atoms with E-state index in [0.29, 0.717) is 6.54 Å². The highest BCUT2D eigenvalue weighted by Crippen LogP contribution is 2.28. The van der Waals surface area contributed by atoms with Gasteiger partial charge in [0, 0.05) is 5.56 Å². The molecule has 0 saturated heterocycles. The summed E-state index contributed by atoms with van der Waals surface area (Å²) in [6, 6.07) is 4.17. The Morgan fingerprint density at radius 2 is 1.94 bits per heavy atom. The largest absolute Gasteiger partial charge is 0.496 e. The minimum Gasteiger partial charge on any atom is -0.496 e. The lowest BCUT2D eigenvalue weighted by Crippen LogP contribution is -1.98. The van der Waals surface area contributed by atoms with Crippen LogP contribution in [0.3, 0.4) is 0 Å². The number of aromatic nitrogens is 2. The number of methoxy groups -OCH3 is 1. The molecule has 1 aromatic carbocycles. The Bertz CT molecular complexity index is 508. The van der Waals surface area contributed by atoms with Crippen LogP contribution in [-0.4, -0.2) is 17.1 Å². The van der Waals surface area contributed by atoms with Gasteiger partial charge >= 0.3 is 0 Å². The zero-order valence-electron chi connectivity index (χ0n) is 10.4. The molecule has 1 aromatic heterocycles. The monoisotopic (exact) mass is 231 g/mol. The fourth-order valence-corrected chi connectivity index (χ4v) is 2.04. The predicted molar refractivity (Wildman–Crippen MR) is 67.9 cm³/mol. The lowest BCUT2D eigenvalue weighted by molar-refractivity contribution is 0.408. The Morgan fingerprint density at radius 3 is 2.41 bits per heavy atom. The van der Waals surface area contributed by atoms with E-state index in [1.165, 1.54) is 0 Å². The van der Waals surface area contributed by atoms with E-state index in [1.807, 2.05) is 20.0 Å². The maximum Gasteiger partial charge on any atom is 0.124 e. The highest BCUT2D eigenvalue weighted by Gasteiger charge is 2.08. The molecular formula is C13H17N3O. The predicted octanol–water partition coefficient (Wildman–Crippen LogP) is 2.16. The number of imidazole rings is 1. The Hall–Kier alpha value is -1.81. The average Bonchev–Trinajstić information content (AvgIpc) is 2.77. The molecule has 3 N–H and O–H groups in total. The number of benzene rings is 1. The molecule has 0 aliphatic rings. The molecule has 1 heterocycles. The SMILES string of the molecule is COc1c(C)cc(-c2cnc(CN)[nH]2)cc1C. The molecule has 4 nitrogen and oxygen atoms in total. The van der Waals surface area contributed by atoms with E-state index in [1.54, 1.807) is 7.11 Å². The molecule has 0 atom stereocenters. The van der Waals surface area contributed by atoms with Crippen LogP contribution in [0.1, 0.15) is 17.0 Å². The number of H-pyrrole nitrogens is 1. The quantitative estimate of drug-likeness (QED) is 0.850. The maximum atomic E-state index is 5.53. The van der Waals surface area contributed by atoms with E-state index in [0.717, 1.165) is 34.0 Å². The van der Waals surface area contributed by atoms with Gasteiger partial charge in [-0.25, -0.2) is 4.98 Å². The third-order valence-electron chi connectivity index (χ3n) is 2.80. The van der Waals surface area contributed by atoms with Crippen molar-refractivity contribution >= 4 is 0 Å². The van der Waals surface area contributed by atoms with Gasteiger partial charge in [0.1, 0.15) is 11.6 Å². The second-order valence-corrected chi connectivity index (χ2v) is 4.09. The number of nitrogens with two attached hydrogens (primary N) is 1. The number of hydrogen-bond donors (Lipinski definition) is 2. The van der Waals surface area contributed by atoms with E-state index in [4.69, 9.17) is 10.5 Å². The smallest absolute Gasteiger partial charge is 0.124 e. The number of aromatic amines is 1. The van der Waals surface area contributed by atoms with E-state index >= 15 is 0 Å². The Morgan fingerprint density at radius 1 is 1.29 bits per heavy atom. The first-order valence-electron chi connectivity index (χ1n) is 5.55. The van der Waals surface area contributed by atoms with Crippen LogP contribution in [-0.2, 0) is 6.54 Å². The van der Waals surface area contributed by atoms with Gasteiger partial charge in [0.2, 0.25) is 0 Å².